The van der Waals surface area contributed by atoms with Crippen LogP contribution >= 0.6 is 15.9 Å². The fourth-order valence-electron chi connectivity index (χ4n) is 2.83. The van der Waals surface area contributed by atoms with E-state index in [0.29, 0.717) is 12.1 Å². The lowest BCUT2D eigenvalue weighted by Gasteiger charge is -2.31. The van der Waals surface area contributed by atoms with Gasteiger partial charge in [0.25, 0.3) is 0 Å². The maximum absolute atomic E-state index is 12.3. The molecule has 0 radical (unpaired) electrons. The first-order valence-electron chi connectivity index (χ1n) is 6.68. The lowest BCUT2D eigenvalue weighted by molar-refractivity contribution is -0.121. The number of nitrogens with zero attached hydrogens (tertiary/aromatic N) is 2. The zero-order chi connectivity index (χ0) is 14.0. The van der Waals surface area contributed by atoms with Crippen LogP contribution in [0.15, 0.2) is 22.9 Å². The van der Waals surface area contributed by atoms with Crippen molar-refractivity contribution in [1.29, 1.82) is 0 Å². The molecular weight excluding hydrogens is 306 g/mol. The summed E-state index contributed by atoms with van der Waals surface area (Å²) in [6.07, 6.45) is 5.68. The highest BCUT2D eigenvalue weighted by atomic mass is 79.9. The normalized spacial score (nSPS) is 25.3. The first-order valence-corrected chi connectivity index (χ1v) is 7.48. The Morgan fingerprint density at radius 1 is 1.47 bits per heavy atom. The van der Waals surface area contributed by atoms with Crippen LogP contribution in [0, 0.1) is 0 Å². The predicted molar refractivity (Wildman–Crippen MR) is 80.0 cm³/mol. The van der Waals surface area contributed by atoms with E-state index in [0.717, 1.165) is 23.0 Å². The number of carbonyl (C=O) groups excluding carboxylic acids is 1. The van der Waals surface area contributed by atoms with Gasteiger partial charge in [0.2, 0.25) is 5.91 Å². The molecule has 0 bridgehead atoms. The maximum Gasteiger partial charge on any atom is 0.241 e. The summed E-state index contributed by atoms with van der Waals surface area (Å²) in [5.41, 5.74) is 0.770. The highest BCUT2D eigenvalue weighted by molar-refractivity contribution is 9.10. The predicted octanol–water partition coefficient (Wildman–Crippen LogP) is 3.04. The Balaban J connectivity index is 2.06. The molecule has 0 aliphatic carbocycles. The highest BCUT2D eigenvalue weighted by Crippen LogP contribution is 2.27. The number of hydrogen-bond donors (Lipinski definition) is 1. The van der Waals surface area contributed by atoms with Crippen molar-refractivity contribution in [2.45, 2.75) is 51.7 Å². The molecule has 1 N–H and O–H groups in total. The molecule has 1 saturated heterocycles. The molecule has 1 aromatic heterocycles. The van der Waals surface area contributed by atoms with Crippen molar-refractivity contribution in [3.05, 3.63) is 22.9 Å². The van der Waals surface area contributed by atoms with Crippen molar-refractivity contribution in [1.82, 2.24) is 9.88 Å². The van der Waals surface area contributed by atoms with E-state index in [2.05, 4.69) is 45.0 Å². The van der Waals surface area contributed by atoms with Crippen LogP contribution in [-0.2, 0) is 4.79 Å². The fraction of sp³-hybridized carbons (Fsp3) is 0.571. The van der Waals surface area contributed by atoms with Crippen LogP contribution in [0.2, 0.25) is 0 Å². The van der Waals surface area contributed by atoms with E-state index >= 15 is 0 Å². The van der Waals surface area contributed by atoms with Gasteiger partial charge in [-0.25, -0.2) is 0 Å². The smallest absolute Gasteiger partial charge is 0.241 e. The SMILES string of the molecule is CC1CCC(C)N1C(C)C(=O)Nc1ccncc1Br. The molecule has 1 aromatic rings. The van der Waals surface area contributed by atoms with Crippen molar-refractivity contribution in [3.63, 3.8) is 0 Å². The van der Waals surface area contributed by atoms with Gasteiger partial charge in [0.15, 0.2) is 0 Å². The molecule has 3 atom stereocenters. The van der Waals surface area contributed by atoms with Crippen molar-refractivity contribution in [3.8, 4) is 0 Å². The molecule has 104 valence electrons. The summed E-state index contributed by atoms with van der Waals surface area (Å²) in [6.45, 7) is 6.36. The van der Waals surface area contributed by atoms with E-state index in [1.807, 2.05) is 6.92 Å². The van der Waals surface area contributed by atoms with E-state index in [4.69, 9.17) is 0 Å². The largest absolute Gasteiger partial charge is 0.324 e. The Kier molecular flexibility index (Phi) is 4.58. The number of nitrogens with one attached hydrogen (secondary N) is 1. The minimum atomic E-state index is -0.118. The third-order valence-corrected chi connectivity index (χ3v) is 4.51. The highest BCUT2D eigenvalue weighted by Gasteiger charge is 2.34. The van der Waals surface area contributed by atoms with Crippen LogP contribution in [0.3, 0.4) is 0 Å². The maximum atomic E-state index is 12.3. The number of aromatic nitrogens is 1. The minimum Gasteiger partial charge on any atom is -0.324 e. The molecule has 5 heteroatoms. The topological polar surface area (TPSA) is 45.2 Å². The van der Waals surface area contributed by atoms with Crippen LogP contribution in [0.5, 0.6) is 0 Å². The van der Waals surface area contributed by atoms with Crippen molar-refractivity contribution < 1.29 is 4.79 Å². The molecule has 1 aliphatic rings. The lowest BCUT2D eigenvalue weighted by atomic mass is 10.2. The van der Waals surface area contributed by atoms with Crippen LogP contribution in [-0.4, -0.2) is 33.9 Å². The third-order valence-electron chi connectivity index (χ3n) is 3.88. The van der Waals surface area contributed by atoms with Gasteiger partial charge in [-0.1, -0.05) is 0 Å². The van der Waals surface area contributed by atoms with E-state index < -0.39 is 0 Å². The lowest BCUT2D eigenvalue weighted by Crippen LogP contribution is -2.46. The summed E-state index contributed by atoms with van der Waals surface area (Å²) in [6, 6.07) is 2.62. The van der Waals surface area contributed by atoms with Crippen molar-refractivity contribution in [2.75, 3.05) is 5.32 Å². The second-order valence-corrected chi connectivity index (χ2v) is 6.10. The molecule has 3 unspecified atom stereocenters. The molecule has 0 saturated carbocycles. The molecule has 1 aliphatic heterocycles. The van der Waals surface area contributed by atoms with Gasteiger partial charge in [0.05, 0.1) is 16.2 Å². The van der Waals surface area contributed by atoms with Crippen molar-refractivity contribution in [2.24, 2.45) is 0 Å². The van der Waals surface area contributed by atoms with Crippen molar-refractivity contribution >= 4 is 27.5 Å². The second kappa shape index (κ2) is 6.01. The number of carbonyl (C=O) groups is 1. The van der Waals surface area contributed by atoms with Gasteiger partial charge in [-0.05, 0) is 55.6 Å². The number of likely N-dealkylation sites (tertiary alicyclic amines) is 1. The zero-order valence-corrected chi connectivity index (χ0v) is 13.1. The molecule has 19 heavy (non-hydrogen) atoms. The Morgan fingerprint density at radius 3 is 2.68 bits per heavy atom. The Labute approximate surface area is 122 Å². The minimum absolute atomic E-state index is 0.0347. The average molecular weight is 326 g/mol. The van der Waals surface area contributed by atoms with Crippen LogP contribution in [0.25, 0.3) is 0 Å². The number of pyridine rings is 1. The van der Waals surface area contributed by atoms with Gasteiger partial charge in [0.1, 0.15) is 0 Å². The van der Waals surface area contributed by atoms with E-state index in [-0.39, 0.29) is 11.9 Å². The first kappa shape index (κ1) is 14.5. The summed E-state index contributed by atoms with van der Waals surface area (Å²) in [7, 11) is 0. The number of halogens is 1. The van der Waals surface area contributed by atoms with Gasteiger partial charge in [-0.3, -0.25) is 14.7 Å². The van der Waals surface area contributed by atoms with Gasteiger partial charge < -0.3 is 5.32 Å². The summed E-state index contributed by atoms with van der Waals surface area (Å²) in [5.74, 6) is 0.0347. The number of rotatable bonds is 3. The van der Waals surface area contributed by atoms with Gasteiger partial charge in [-0.15, -0.1) is 0 Å². The summed E-state index contributed by atoms with van der Waals surface area (Å²) in [4.78, 5) is 18.6. The molecule has 0 aromatic carbocycles. The molecule has 4 nitrogen and oxygen atoms in total. The van der Waals surface area contributed by atoms with Gasteiger partial charge in [-0.2, -0.15) is 0 Å². The molecular formula is C14H20BrN3O. The van der Waals surface area contributed by atoms with Crippen LogP contribution < -0.4 is 5.32 Å². The summed E-state index contributed by atoms with van der Waals surface area (Å²) in [5, 5.41) is 2.96. The third kappa shape index (κ3) is 3.15. The molecule has 2 rings (SSSR count). The first-order chi connectivity index (χ1) is 9.00. The average Bonchev–Trinajstić information content (AvgIpc) is 2.71. The van der Waals surface area contributed by atoms with E-state index in [9.17, 15) is 4.79 Å². The molecule has 0 spiro atoms. The number of amides is 1. The molecule has 2 heterocycles. The second-order valence-electron chi connectivity index (χ2n) is 5.24. The molecule has 1 fully saturated rings. The molecule has 1 amide bonds. The van der Waals surface area contributed by atoms with E-state index in [1.54, 1.807) is 18.5 Å². The Bertz CT molecular complexity index is 456. The standard InChI is InChI=1S/C14H20BrN3O/c1-9-4-5-10(2)18(9)11(3)14(19)17-13-6-7-16-8-12(13)15/h6-11H,4-5H2,1-3H3,(H,16,17,19). The van der Waals surface area contributed by atoms with Gasteiger partial charge in [0, 0.05) is 24.5 Å². The van der Waals surface area contributed by atoms with Crippen LogP contribution in [0.1, 0.15) is 33.6 Å². The summed E-state index contributed by atoms with van der Waals surface area (Å²) >= 11 is 3.39. The quantitative estimate of drug-likeness (QED) is 0.929. The fourth-order valence-corrected chi connectivity index (χ4v) is 3.18. The number of hydrogen-bond acceptors (Lipinski definition) is 3. The Morgan fingerprint density at radius 2 is 2.11 bits per heavy atom. The van der Waals surface area contributed by atoms with Gasteiger partial charge >= 0.3 is 0 Å². The van der Waals surface area contributed by atoms with E-state index in [1.165, 1.54) is 0 Å². The summed E-state index contributed by atoms with van der Waals surface area (Å²) < 4.78 is 0.804. The number of anilines is 1. The van der Waals surface area contributed by atoms with Crippen LogP contribution in [0.4, 0.5) is 5.69 Å². The zero-order valence-electron chi connectivity index (χ0n) is 11.6. The monoisotopic (exact) mass is 325 g/mol. The Hall–Kier alpha value is -0.940.